The summed E-state index contributed by atoms with van der Waals surface area (Å²) in [7, 11) is 0. The molecule has 0 saturated carbocycles. The molecule has 3 aromatic rings. The highest BCUT2D eigenvalue weighted by Gasteiger charge is 2.37. The fourth-order valence-electron chi connectivity index (χ4n) is 4.67. The van der Waals surface area contributed by atoms with E-state index >= 15 is 0 Å². The summed E-state index contributed by atoms with van der Waals surface area (Å²) < 4.78 is 5.45. The van der Waals surface area contributed by atoms with Crippen molar-refractivity contribution in [3.8, 4) is 12.5 Å². The zero-order valence-electron chi connectivity index (χ0n) is 24.9. The highest BCUT2D eigenvalue weighted by molar-refractivity contribution is 6.00. The first-order valence-corrected chi connectivity index (χ1v) is 13.6. The monoisotopic (exact) mass is 553 g/mol. The van der Waals surface area contributed by atoms with Crippen molar-refractivity contribution in [2.75, 3.05) is 5.32 Å². The van der Waals surface area contributed by atoms with Crippen molar-refractivity contribution in [3.63, 3.8) is 0 Å². The number of carbonyl (C=O) groups excluding carboxylic acids is 3. The van der Waals surface area contributed by atoms with Crippen LogP contribution in [-0.4, -0.2) is 34.5 Å². The van der Waals surface area contributed by atoms with Crippen molar-refractivity contribution in [2.45, 2.75) is 72.6 Å². The summed E-state index contributed by atoms with van der Waals surface area (Å²) in [5.41, 5.74) is 4.84. The molecule has 0 aliphatic rings. The Morgan fingerprint density at radius 1 is 0.902 bits per heavy atom. The fraction of sp³-hybridized carbons (Fsp3) is 0.324. The second-order valence-corrected chi connectivity index (χ2v) is 11.2. The summed E-state index contributed by atoms with van der Waals surface area (Å²) in [6.45, 7) is 12.8. The lowest BCUT2D eigenvalue weighted by Crippen LogP contribution is -2.52. The van der Waals surface area contributed by atoms with Gasteiger partial charge in [-0.3, -0.25) is 14.5 Å². The Bertz CT molecular complexity index is 1430. The number of hydrogen-bond acceptors (Lipinski definition) is 4. The molecule has 3 amide bonds. The molecule has 0 aliphatic heterocycles. The molecule has 41 heavy (non-hydrogen) atoms. The van der Waals surface area contributed by atoms with Crippen molar-refractivity contribution in [1.82, 2.24) is 10.2 Å². The average molecular weight is 554 g/mol. The molecule has 0 saturated heterocycles. The van der Waals surface area contributed by atoms with E-state index in [0.717, 1.165) is 32.7 Å². The van der Waals surface area contributed by atoms with Crippen molar-refractivity contribution in [1.29, 1.82) is 0 Å². The summed E-state index contributed by atoms with van der Waals surface area (Å²) in [6.07, 6.45) is 5.37. The van der Waals surface area contributed by atoms with Gasteiger partial charge in [0, 0.05) is 18.2 Å². The number of terminal acetylenes is 1. The van der Waals surface area contributed by atoms with Crippen LogP contribution in [0.25, 0.3) is 0 Å². The number of alkyl carbamates (subject to hydrolysis) is 1. The predicted molar refractivity (Wildman–Crippen MR) is 162 cm³/mol. The van der Waals surface area contributed by atoms with Gasteiger partial charge in [0.25, 0.3) is 11.8 Å². The molecule has 3 aromatic carbocycles. The number of nitrogens with one attached hydrogen (secondary N) is 2. The minimum Gasteiger partial charge on any atom is -0.444 e. The molecule has 0 aliphatic carbocycles. The summed E-state index contributed by atoms with van der Waals surface area (Å²) in [5, 5.41) is 5.70. The molecule has 0 heterocycles. The van der Waals surface area contributed by atoms with Gasteiger partial charge in [-0.05, 0) is 76.3 Å². The van der Waals surface area contributed by atoms with E-state index in [1.54, 1.807) is 20.8 Å². The van der Waals surface area contributed by atoms with Gasteiger partial charge < -0.3 is 15.4 Å². The number of hydrogen-bond donors (Lipinski definition) is 2. The maximum Gasteiger partial charge on any atom is 0.408 e. The van der Waals surface area contributed by atoms with Crippen LogP contribution < -0.4 is 10.6 Å². The van der Waals surface area contributed by atoms with Gasteiger partial charge in [-0.25, -0.2) is 4.79 Å². The molecular formula is C34H39N3O4. The Kier molecular flexibility index (Phi) is 9.96. The van der Waals surface area contributed by atoms with Crippen molar-refractivity contribution >= 4 is 23.6 Å². The van der Waals surface area contributed by atoms with E-state index in [-0.39, 0.29) is 6.42 Å². The number of nitrogens with zero attached hydrogens (tertiary/aromatic N) is 1. The molecule has 0 fully saturated rings. The van der Waals surface area contributed by atoms with E-state index in [1.807, 2.05) is 94.4 Å². The largest absolute Gasteiger partial charge is 0.444 e. The third kappa shape index (κ3) is 8.21. The SMILES string of the molecule is C#CN(C(=O)C(Cc1ccccc1)NC(=O)OC(C)(C)C)C(C(=O)Nc1c(C)cccc1C)c1ccc(C)cc1C. The molecule has 0 aromatic heterocycles. The fourth-order valence-corrected chi connectivity index (χ4v) is 4.67. The van der Waals surface area contributed by atoms with Crippen LogP contribution in [0.1, 0.15) is 60.2 Å². The van der Waals surface area contributed by atoms with Gasteiger partial charge in [0.1, 0.15) is 17.7 Å². The van der Waals surface area contributed by atoms with Gasteiger partial charge in [0.05, 0.1) is 0 Å². The minimum atomic E-state index is -1.16. The van der Waals surface area contributed by atoms with Crippen LogP contribution in [0.4, 0.5) is 10.5 Å². The number of amides is 3. The first-order valence-electron chi connectivity index (χ1n) is 13.6. The number of ether oxygens (including phenoxy) is 1. The van der Waals surface area contributed by atoms with Crippen molar-refractivity contribution < 1.29 is 19.1 Å². The van der Waals surface area contributed by atoms with Crippen LogP contribution in [0, 0.1) is 40.2 Å². The smallest absolute Gasteiger partial charge is 0.408 e. The van der Waals surface area contributed by atoms with E-state index < -0.39 is 35.6 Å². The van der Waals surface area contributed by atoms with E-state index in [9.17, 15) is 14.4 Å². The molecule has 0 spiro atoms. The maximum absolute atomic E-state index is 14.2. The second kappa shape index (κ2) is 13.2. The zero-order chi connectivity index (χ0) is 30.3. The van der Waals surface area contributed by atoms with Crippen LogP contribution in [-0.2, 0) is 20.7 Å². The predicted octanol–water partition coefficient (Wildman–Crippen LogP) is 6.16. The molecule has 2 N–H and O–H groups in total. The molecule has 2 unspecified atom stereocenters. The normalized spacial score (nSPS) is 12.4. The topological polar surface area (TPSA) is 87.7 Å². The van der Waals surface area contributed by atoms with Crippen LogP contribution in [0.5, 0.6) is 0 Å². The maximum atomic E-state index is 14.2. The van der Waals surface area contributed by atoms with E-state index in [1.165, 1.54) is 0 Å². The van der Waals surface area contributed by atoms with Crippen LogP contribution >= 0.6 is 0 Å². The van der Waals surface area contributed by atoms with Gasteiger partial charge in [-0.2, -0.15) is 0 Å². The Balaban J connectivity index is 2.07. The van der Waals surface area contributed by atoms with Crippen LogP contribution in [0.15, 0.2) is 66.7 Å². The van der Waals surface area contributed by atoms with Crippen molar-refractivity contribution in [2.24, 2.45) is 0 Å². The molecule has 214 valence electrons. The molecule has 0 radical (unpaired) electrons. The van der Waals surface area contributed by atoms with Gasteiger partial charge >= 0.3 is 6.09 Å². The summed E-state index contributed by atoms with van der Waals surface area (Å²) >= 11 is 0. The van der Waals surface area contributed by atoms with Gasteiger partial charge in [-0.1, -0.05) is 78.7 Å². The minimum absolute atomic E-state index is 0.148. The van der Waals surface area contributed by atoms with Crippen molar-refractivity contribution in [3.05, 3.63) is 100 Å². The third-order valence-electron chi connectivity index (χ3n) is 6.60. The van der Waals surface area contributed by atoms with E-state index in [2.05, 4.69) is 16.7 Å². The van der Waals surface area contributed by atoms with Gasteiger partial charge in [0.15, 0.2) is 0 Å². The summed E-state index contributed by atoms with van der Waals surface area (Å²) in [5.74, 6) is -1.07. The molecule has 2 atom stereocenters. The highest BCUT2D eigenvalue weighted by atomic mass is 16.6. The molecule has 7 heteroatoms. The van der Waals surface area contributed by atoms with E-state index in [0.29, 0.717) is 11.3 Å². The van der Waals surface area contributed by atoms with Gasteiger partial charge in [0.2, 0.25) is 0 Å². The average Bonchev–Trinajstić information content (AvgIpc) is 2.88. The van der Waals surface area contributed by atoms with Crippen LogP contribution in [0.2, 0.25) is 0 Å². The lowest BCUT2D eigenvalue weighted by Gasteiger charge is -2.31. The van der Waals surface area contributed by atoms with Gasteiger partial charge in [-0.15, -0.1) is 0 Å². The number of benzene rings is 3. The summed E-state index contributed by atoms with van der Waals surface area (Å²) in [4.78, 5) is 42.1. The Morgan fingerprint density at radius 3 is 2.10 bits per heavy atom. The number of anilines is 1. The zero-order valence-corrected chi connectivity index (χ0v) is 24.9. The Morgan fingerprint density at radius 2 is 1.54 bits per heavy atom. The number of aryl methyl sites for hydroxylation is 4. The molecule has 7 nitrogen and oxygen atoms in total. The van der Waals surface area contributed by atoms with E-state index in [4.69, 9.17) is 11.2 Å². The van der Waals surface area contributed by atoms with Crippen LogP contribution in [0.3, 0.4) is 0 Å². The lowest BCUT2D eigenvalue weighted by atomic mass is 9.96. The first kappa shape index (κ1) is 31.0. The first-order chi connectivity index (χ1) is 19.3. The highest BCUT2D eigenvalue weighted by Crippen LogP contribution is 2.29. The number of rotatable bonds is 8. The Labute approximate surface area is 243 Å². The number of para-hydroxylation sites is 1. The summed E-state index contributed by atoms with van der Waals surface area (Å²) in [6, 6.07) is 20.8. The third-order valence-corrected chi connectivity index (χ3v) is 6.60. The second-order valence-electron chi connectivity index (χ2n) is 11.2. The number of carbonyl (C=O) groups is 3. The Hall–Kier alpha value is -4.57. The lowest BCUT2D eigenvalue weighted by molar-refractivity contribution is -0.136. The quantitative estimate of drug-likeness (QED) is 0.259. The standard InChI is InChI=1S/C34H39N3O4/c1-9-37(32(39)28(21-26-16-11-10-12-17-26)35-33(40)41-34(6,7)8)30(27-19-18-22(2)20-25(27)5)31(38)36-29-23(3)14-13-15-24(29)4/h1,10-20,28,30H,21H2,2-8H3,(H,35,40)(H,36,38). The molecule has 3 rings (SSSR count). The molecule has 0 bridgehead atoms. The molecular weight excluding hydrogens is 514 g/mol.